The summed E-state index contributed by atoms with van der Waals surface area (Å²) in [5.74, 6) is 0.146. The molecule has 18 heavy (non-hydrogen) atoms. The number of carbonyl (C=O) groups is 1. The number of ether oxygens (including phenoxy) is 1. The lowest BCUT2D eigenvalue weighted by atomic mass is 10.1. The number of methoxy groups -OCH3 is 1. The highest BCUT2D eigenvalue weighted by Crippen LogP contribution is 2.15. The zero-order valence-corrected chi connectivity index (χ0v) is 12.3. The van der Waals surface area contributed by atoms with Crippen molar-refractivity contribution in [2.75, 3.05) is 33.6 Å². The normalized spacial score (nSPS) is 12.7. The Kier molecular flexibility index (Phi) is 6.39. The van der Waals surface area contributed by atoms with E-state index in [4.69, 9.17) is 4.74 Å². The molecule has 0 heterocycles. The zero-order valence-electron chi connectivity index (χ0n) is 11.5. The largest absolute Gasteiger partial charge is 0.383 e. The number of likely N-dealkylation sites (N-methyl/N-ethyl adjacent to an activating group) is 1. The fourth-order valence-corrected chi connectivity index (χ4v) is 2.03. The molecular formula is C14H21NO2S. The quantitative estimate of drug-likeness (QED) is 0.561. The van der Waals surface area contributed by atoms with Crippen LogP contribution in [0.15, 0.2) is 29.2 Å². The van der Waals surface area contributed by atoms with Crippen LogP contribution < -0.4 is 0 Å². The number of thioether (sulfide) groups is 1. The van der Waals surface area contributed by atoms with Crippen molar-refractivity contribution in [3.05, 3.63) is 29.8 Å². The number of hydrogen-bond donors (Lipinski definition) is 0. The van der Waals surface area contributed by atoms with E-state index in [2.05, 4.69) is 0 Å². The molecule has 4 heteroatoms. The Morgan fingerprint density at radius 1 is 1.39 bits per heavy atom. The minimum atomic E-state index is 0.146. The van der Waals surface area contributed by atoms with Crippen molar-refractivity contribution in [1.29, 1.82) is 0 Å². The third kappa shape index (κ3) is 4.44. The summed E-state index contributed by atoms with van der Waals surface area (Å²) in [5.41, 5.74) is 0.768. The number of benzene rings is 1. The molecule has 3 nitrogen and oxygen atoms in total. The number of hydrogen-bond acceptors (Lipinski definition) is 4. The lowest BCUT2D eigenvalue weighted by molar-refractivity contribution is 0.0841. The molecule has 0 N–H and O–H groups in total. The van der Waals surface area contributed by atoms with Crippen LogP contribution in [0.1, 0.15) is 17.3 Å². The SMILES string of the molecule is COCC(C)N(C)CC(=O)c1ccc(SC)cc1. The Labute approximate surface area is 114 Å². The van der Waals surface area contributed by atoms with E-state index in [1.165, 1.54) is 4.90 Å². The van der Waals surface area contributed by atoms with Crippen LogP contribution >= 0.6 is 11.8 Å². The maximum Gasteiger partial charge on any atom is 0.176 e. The first-order valence-corrected chi connectivity index (χ1v) is 7.17. The molecule has 100 valence electrons. The third-order valence-electron chi connectivity index (χ3n) is 2.97. The van der Waals surface area contributed by atoms with Crippen molar-refractivity contribution in [1.82, 2.24) is 4.90 Å². The summed E-state index contributed by atoms with van der Waals surface area (Å²) in [7, 11) is 3.62. The van der Waals surface area contributed by atoms with Crippen molar-refractivity contribution in [3.63, 3.8) is 0 Å². The van der Waals surface area contributed by atoms with Crippen molar-refractivity contribution in [3.8, 4) is 0 Å². The molecule has 0 aliphatic heterocycles. The second kappa shape index (κ2) is 7.56. The van der Waals surface area contributed by atoms with Gasteiger partial charge in [0, 0.05) is 23.6 Å². The van der Waals surface area contributed by atoms with Gasteiger partial charge in [0.1, 0.15) is 0 Å². The van der Waals surface area contributed by atoms with Crippen LogP contribution in [0.4, 0.5) is 0 Å². The second-order valence-electron chi connectivity index (χ2n) is 4.37. The van der Waals surface area contributed by atoms with Gasteiger partial charge in [0.05, 0.1) is 13.2 Å². The van der Waals surface area contributed by atoms with Crippen molar-refractivity contribution in [2.45, 2.75) is 17.9 Å². The molecule has 0 saturated heterocycles. The number of Topliss-reactive ketones (excluding diaryl/α,β-unsaturated/α-hetero) is 1. The van der Waals surface area contributed by atoms with E-state index < -0.39 is 0 Å². The van der Waals surface area contributed by atoms with Gasteiger partial charge in [-0.15, -0.1) is 11.8 Å². The van der Waals surface area contributed by atoms with Crippen molar-refractivity contribution < 1.29 is 9.53 Å². The molecule has 1 atom stereocenters. The molecule has 0 aliphatic carbocycles. The van der Waals surface area contributed by atoms with Gasteiger partial charge < -0.3 is 4.74 Å². The number of ketones is 1. The molecule has 0 fully saturated rings. The number of rotatable bonds is 7. The highest BCUT2D eigenvalue weighted by atomic mass is 32.2. The summed E-state index contributed by atoms with van der Waals surface area (Å²) < 4.78 is 5.09. The summed E-state index contributed by atoms with van der Waals surface area (Å²) >= 11 is 1.68. The molecule has 0 amide bonds. The van der Waals surface area contributed by atoms with Gasteiger partial charge in [-0.2, -0.15) is 0 Å². The Bertz CT molecular complexity index is 378. The van der Waals surface area contributed by atoms with E-state index in [9.17, 15) is 4.79 Å². The van der Waals surface area contributed by atoms with Crippen LogP contribution in [0.25, 0.3) is 0 Å². The number of nitrogens with zero attached hydrogens (tertiary/aromatic N) is 1. The molecule has 0 saturated carbocycles. The molecule has 0 bridgehead atoms. The lowest BCUT2D eigenvalue weighted by Crippen LogP contribution is -2.36. The molecular weight excluding hydrogens is 246 g/mol. The molecule has 0 aliphatic rings. The van der Waals surface area contributed by atoms with Gasteiger partial charge in [0.15, 0.2) is 5.78 Å². The molecule has 1 rings (SSSR count). The van der Waals surface area contributed by atoms with Crippen LogP contribution in [-0.4, -0.2) is 50.3 Å². The highest BCUT2D eigenvalue weighted by Gasteiger charge is 2.14. The Balaban J connectivity index is 2.58. The van der Waals surface area contributed by atoms with E-state index in [0.29, 0.717) is 13.2 Å². The molecule has 1 aromatic carbocycles. The maximum atomic E-state index is 12.1. The summed E-state index contributed by atoms with van der Waals surface area (Å²) in [4.78, 5) is 15.3. The standard InChI is InChI=1S/C14H21NO2S/c1-11(10-17-3)15(2)9-14(16)12-5-7-13(18-4)8-6-12/h5-8,11H,9-10H2,1-4H3. The van der Waals surface area contributed by atoms with E-state index in [1.54, 1.807) is 18.9 Å². The van der Waals surface area contributed by atoms with Crippen LogP contribution in [0.2, 0.25) is 0 Å². The molecule has 0 radical (unpaired) electrons. The molecule has 0 spiro atoms. The Morgan fingerprint density at radius 3 is 2.50 bits per heavy atom. The summed E-state index contributed by atoms with van der Waals surface area (Å²) in [6, 6.07) is 7.99. The first kappa shape index (κ1) is 15.2. The monoisotopic (exact) mass is 267 g/mol. The highest BCUT2D eigenvalue weighted by molar-refractivity contribution is 7.98. The van der Waals surface area contributed by atoms with Crippen molar-refractivity contribution in [2.24, 2.45) is 0 Å². The summed E-state index contributed by atoms with van der Waals surface area (Å²) in [5, 5.41) is 0. The van der Waals surface area contributed by atoms with Crippen LogP contribution in [-0.2, 0) is 4.74 Å². The van der Waals surface area contributed by atoms with E-state index >= 15 is 0 Å². The first-order chi connectivity index (χ1) is 8.58. The average molecular weight is 267 g/mol. The predicted molar refractivity (Wildman–Crippen MR) is 76.5 cm³/mol. The van der Waals surface area contributed by atoms with Crippen LogP contribution in [0.3, 0.4) is 0 Å². The molecule has 0 aromatic heterocycles. The predicted octanol–water partition coefficient (Wildman–Crippen LogP) is 2.56. The smallest absolute Gasteiger partial charge is 0.176 e. The summed E-state index contributed by atoms with van der Waals surface area (Å²) in [6.07, 6.45) is 2.02. The van der Waals surface area contributed by atoms with Crippen LogP contribution in [0.5, 0.6) is 0 Å². The van der Waals surface area contributed by atoms with E-state index in [-0.39, 0.29) is 11.8 Å². The van der Waals surface area contributed by atoms with Gasteiger partial charge in [-0.05, 0) is 32.4 Å². The minimum Gasteiger partial charge on any atom is -0.383 e. The van der Waals surface area contributed by atoms with Gasteiger partial charge in [-0.3, -0.25) is 9.69 Å². The lowest BCUT2D eigenvalue weighted by Gasteiger charge is -2.23. The van der Waals surface area contributed by atoms with Crippen LogP contribution in [0, 0.1) is 0 Å². The third-order valence-corrected chi connectivity index (χ3v) is 3.71. The minimum absolute atomic E-state index is 0.146. The average Bonchev–Trinajstić information content (AvgIpc) is 2.39. The van der Waals surface area contributed by atoms with Gasteiger partial charge in [-0.1, -0.05) is 12.1 Å². The molecule has 1 unspecified atom stereocenters. The van der Waals surface area contributed by atoms with Crippen molar-refractivity contribution >= 4 is 17.5 Å². The first-order valence-electron chi connectivity index (χ1n) is 5.95. The van der Waals surface area contributed by atoms with E-state index in [1.807, 2.05) is 49.4 Å². The fraction of sp³-hybridized carbons (Fsp3) is 0.500. The fourth-order valence-electron chi connectivity index (χ4n) is 1.62. The van der Waals surface area contributed by atoms with E-state index in [0.717, 1.165) is 5.56 Å². The Morgan fingerprint density at radius 2 is 2.00 bits per heavy atom. The molecule has 1 aromatic rings. The summed E-state index contributed by atoms with van der Waals surface area (Å²) in [6.45, 7) is 3.10. The van der Waals surface area contributed by atoms with Gasteiger partial charge in [-0.25, -0.2) is 0 Å². The topological polar surface area (TPSA) is 29.5 Å². The Hall–Kier alpha value is -0.840. The maximum absolute atomic E-state index is 12.1. The zero-order chi connectivity index (χ0) is 13.5. The van der Waals surface area contributed by atoms with Gasteiger partial charge in [0.2, 0.25) is 0 Å². The van der Waals surface area contributed by atoms with Gasteiger partial charge >= 0.3 is 0 Å². The number of carbonyl (C=O) groups excluding carboxylic acids is 1. The van der Waals surface area contributed by atoms with Gasteiger partial charge in [0.25, 0.3) is 0 Å². The second-order valence-corrected chi connectivity index (χ2v) is 5.25.